The van der Waals surface area contributed by atoms with Gasteiger partial charge in [0, 0.05) is 11.6 Å². The van der Waals surface area contributed by atoms with Crippen molar-refractivity contribution in [2.75, 3.05) is 27.8 Å². The van der Waals surface area contributed by atoms with Crippen LogP contribution in [0.1, 0.15) is 49.3 Å². The molecule has 0 amide bonds. The average molecular weight is 410 g/mol. The Labute approximate surface area is 173 Å². The van der Waals surface area contributed by atoms with Crippen molar-refractivity contribution in [2.45, 2.75) is 37.3 Å². The van der Waals surface area contributed by atoms with Crippen molar-refractivity contribution in [3.05, 3.63) is 49.7 Å². The monoisotopic (exact) mass is 409 g/mol. The first kappa shape index (κ1) is 17.5. The van der Waals surface area contributed by atoms with Crippen LogP contribution in [0.15, 0.2) is 17.7 Å². The highest BCUT2D eigenvalue weighted by atomic mass is 32.1. The molecule has 4 aliphatic rings. The minimum atomic E-state index is -0.269. The number of rotatable bonds is 2. The first-order chi connectivity index (χ1) is 14.0. The maximum absolute atomic E-state index is 12.4. The molecule has 150 valence electrons. The predicted molar refractivity (Wildman–Crippen MR) is 111 cm³/mol. The van der Waals surface area contributed by atoms with Gasteiger partial charge in [-0.25, -0.2) is 4.79 Å². The minimum absolute atomic E-state index is 0.110. The summed E-state index contributed by atoms with van der Waals surface area (Å²) in [6.07, 6.45) is 4.23. The van der Waals surface area contributed by atoms with Crippen molar-refractivity contribution in [3.8, 4) is 11.5 Å². The Balaban J connectivity index is 1.67. The van der Waals surface area contributed by atoms with Crippen molar-refractivity contribution in [1.82, 2.24) is 4.90 Å². The second-order valence-electron chi connectivity index (χ2n) is 8.48. The Morgan fingerprint density at radius 1 is 1.34 bits per heavy atom. The molecule has 2 aromatic rings. The number of nitrogens with zero attached hydrogens (tertiary/aromatic N) is 1. The van der Waals surface area contributed by atoms with Crippen molar-refractivity contribution in [3.63, 3.8) is 0 Å². The van der Waals surface area contributed by atoms with E-state index in [9.17, 15) is 4.79 Å². The molecule has 2 aliphatic carbocycles. The second-order valence-corrected chi connectivity index (χ2v) is 9.53. The molecule has 2 aliphatic heterocycles. The standard InChI is InChI=1S/C23H23NO4S/c1-11-13-10-14-15-9-12-5-6-16(26-3)18-17(12)23(14,7-8-24(15)2)21(28-18)20(13)29-19(11)22(25)27-4/h5-6,10,15,21H,7-9H2,1-4H3. The number of piperidine rings is 1. The number of hydrogen-bond acceptors (Lipinski definition) is 6. The van der Waals surface area contributed by atoms with Crippen LogP contribution in [0.5, 0.6) is 11.5 Å². The number of fused-ring (bicyclic) bond motifs is 2. The van der Waals surface area contributed by atoms with Gasteiger partial charge < -0.3 is 14.2 Å². The van der Waals surface area contributed by atoms with Crippen LogP contribution < -0.4 is 9.47 Å². The number of carbonyl (C=O) groups excluding carboxylic acids is 1. The van der Waals surface area contributed by atoms with Gasteiger partial charge in [-0.1, -0.05) is 12.1 Å². The van der Waals surface area contributed by atoms with Crippen LogP contribution in [-0.4, -0.2) is 44.7 Å². The van der Waals surface area contributed by atoms with Gasteiger partial charge in [-0.2, -0.15) is 0 Å². The molecule has 6 heteroatoms. The lowest BCUT2D eigenvalue weighted by atomic mass is 9.56. The maximum Gasteiger partial charge on any atom is 0.348 e. The van der Waals surface area contributed by atoms with Gasteiger partial charge in [0.15, 0.2) is 11.5 Å². The van der Waals surface area contributed by atoms with Gasteiger partial charge >= 0.3 is 5.97 Å². The van der Waals surface area contributed by atoms with Crippen LogP contribution in [-0.2, 0) is 16.6 Å². The first-order valence-corrected chi connectivity index (χ1v) is 10.8. The highest BCUT2D eigenvalue weighted by molar-refractivity contribution is 7.14. The molecule has 1 aromatic carbocycles. The van der Waals surface area contributed by atoms with Gasteiger partial charge in [-0.15, -0.1) is 11.3 Å². The molecule has 1 saturated heterocycles. The Bertz CT molecular complexity index is 1120. The molecular formula is C23H23NO4S. The first-order valence-electron chi connectivity index (χ1n) is 10.0. The summed E-state index contributed by atoms with van der Waals surface area (Å²) in [7, 11) is 5.36. The van der Waals surface area contributed by atoms with E-state index in [1.165, 1.54) is 35.1 Å². The van der Waals surface area contributed by atoms with Gasteiger partial charge in [0.25, 0.3) is 0 Å². The zero-order valence-electron chi connectivity index (χ0n) is 17.0. The van der Waals surface area contributed by atoms with E-state index in [4.69, 9.17) is 14.2 Å². The van der Waals surface area contributed by atoms with E-state index in [0.29, 0.717) is 10.9 Å². The lowest BCUT2D eigenvalue weighted by Gasteiger charge is -2.53. The number of benzene rings is 1. The molecule has 5 nitrogen and oxygen atoms in total. The van der Waals surface area contributed by atoms with Crippen molar-refractivity contribution in [2.24, 2.45) is 0 Å². The number of likely N-dealkylation sites (tertiary alicyclic amines) is 1. The number of methoxy groups -OCH3 is 2. The summed E-state index contributed by atoms with van der Waals surface area (Å²) in [4.78, 5) is 16.7. The summed E-state index contributed by atoms with van der Waals surface area (Å²) in [5.41, 5.74) is 6.09. The molecule has 0 saturated carbocycles. The molecule has 0 radical (unpaired) electrons. The van der Waals surface area contributed by atoms with E-state index >= 15 is 0 Å². The summed E-state index contributed by atoms with van der Waals surface area (Å²) in [6, 6.07) is 4.60. The number of ether oxygens (including phenoxy) is 3. The second kappa shape index (κ2) is 5.64. The van der Waals surface area contributed by atoms with Crippen LogP contribution in [0, 0.1) is 6.92 Å². The van der Waals surface area contributed by atoms with E-state index in [0.717, 1.165) is 46.9 Å². The van der Waals surface area contributed by atoms with Gasteiger partial charge in [0.05, 0.1) is 24.5 Å². The number of hydrogen-bond donors (Lipinski definition) is 0. The number of likely N-dealkylation sites (N-methyl/N-ethyl adjacent to an activating group) is 1. The molecular weight excluding hydrogens is 386 g/mol. The quantitative estimate of drug-likeness (QED) is 0.705. The highest BCUT2D eigenvalue weighted by Gasteiger charge is 2.62. The van der Waals surface area contributed by atoms with Gasteiger partial charge in [-0.05, 0) is 61.7 Å². The molecule has 1 spiro atoms. The van der Waals surface area contributed by atoms with Crippen LogP contribution in [0.25, 0.3) is 6.08 Å². The molecule has 3 heterocycles. The van der Waals surface area contributed by atoms with Crippen molar-refractivity contribution >= 4 is 23.4 Å². The Morgan fingerprint density at radius 2 is 2.17 bits per heavy atom. The lowest BCUT2D eigenvalue weighted by molar-refractivity contribution is 0.0605. The van der Waals surface area contributed by atoms with Crippen LogP contribution in [0.3, 0.4) is 0 Å². The zero-order valence-corrected chi connectivity index (χ0v) is 17.8. The highest BCUT2D eigenvalue weighted by Crippen LogP contribution is 2.67. The molecule has 1 aromatic heterocycles. The van der Waals surface area contributed by atoms with Crippen LogP contribution in [0.2, 0.25) is 0 Å². The summed E-state index contributed by atoms with van der Waals surface area (Å²) in [5, 5.41) is 0. The molecule has 29 heavy (non-hydrogen) atoms. The SMILES string of the molecule is COC(=O)c1sc2c(c1C)C=C1C3Cc4ccc(OC)c5c4C1(CCN3C)C2O5. The third-order valence-corrected chi connectivity index (χ3v) is 8.70. The summed E-state index contributed by atoms with van der Waals surface area (Å²) in [6.45, 7) is 3.05. The molecule has 6 rings (SSSR count). The van der Waals surface area contributed by atoms with Gasteiger partial charge in [0.2, 0.25) is 0 Å². The fourth-order valence-corrected chi connectivity index (χ4v) is 7.30. The predicted octanol–water partition coefficient (Wildman–Crippen LogP) is 3.88. The molecule has 1 fully saturated rings. The van der Waals surface area contributed by atoms with E-state index in [1.807, 2.05) is 13.0 Å². The Morgan fingerprint density at radius 3 is 2.93 bits per heavy atom. The number of thiophene rings is 1. The van der Waals surface area contributed by atoms with Crippen molar-refractivity contribution < 1.29 is 19.0 Å². The molecule has 0 N–H and O–H groups in total. The fourth-order valence-electron chi connectivity index (χ4n) is 5.97. The van der Waals surface area contributed by atoms with E-state index in [2.05, 4.69) is 24.1 Å². The molecule has 3 unspecified atom stereocenters. The zero-order chi connectivity index (χ0) is 20.1. The third kappa shape index (κ3) is 1.92. The topological polar surface area (TPSA) is 48.0 Å². The normalized spacial score (nSPS) is 28.2. The summed E-state index contributed by atoms with van der Waals surface area (Å²) < 4.78 is 17.4. The number of carbonyl (C=O) groups is 1. The maximum atomic E-state index is 12.4. The molecule has 3 atom stereocenters. The van der Waals surface area contributed by atoms with E-state index < -0.39 is 0 Å². The average Bonchev–Trinajstić information content (AvgIpc) is 3.24. The third-order valence-electron chi connectivity index (χ3n) is 7.37. The lowest BCUT2D eigenvalue weighted by Crippen LogP contribution is -2.55. The van der Waals surface area contributed by atoms with E-state index in [1.54, 1.807) is 7.11 Å². The minimum Gasteiger partial charge on any atom is -0.493 e. The van der Waals surface area contributed by atoms with Crippen LogP contribution in [0.4, 0.5) is 0 Å². The smallest absolute Gasteiger partial charge is 0.348 e. The number of esters is 1. The van der Waals surface area contributed by atoms with Gasteiger partial charge in [-0.3, -0.25) is 4.90 Å². The molecule has 2 bridgehead atoms. The fraction of sp³-hybridized carbons (Fsp3) is 0.435. The van der Waals surface area contributed by atoms with E-state index in [-0.39, 0.29) is 17.5 Å². The van der Waals surface area contributed by atoms with Crippen molar-refractivity contribution in [1.29, 1.82) is 0 Å². The van der Waals surface area contributed by atoms with Gasteiger partial charge in [0.1, 0.15) is 11.0 Å². The largest absolute Gasteiger partial charge is 0.493 e. The Kier molecular flexibility index (Phi) is 3.41. The summed E-state index contributed by atoms with van der Waals surface area (Å²) >= 11 is 1.53. The van der Waals surface area contributed by atoms with Crippen LogP contribution >= 0.6 is 11.3 Å². The Hall–Kier alpha value is -2.31. The summed E-state index contributed by atoms with van der Waals surface area (Å²) in [5.74, 6) is 1.42.